The van der Waals surface area contributed by atoms with Crippen molar-refractivity contribution < 1.29 is 0 Å². The van der Waals surface area contributed by atoms with Crippen LogP contribution in [0.3, 0.4) is 0 Å². The lowest BCUT2D eigenvalue weighted by atomic mass is 9.70. The number of aromatic nitrogens is 1. The summed E-state index contributed by atoms with van der Waals surface area (Å²) >= 11 is 0. The van der Waals surface area contributed by atoms with E-state index in [1.54, 1.807) is 0 Å². The van der Waals surface area contributed by atoms with Gasteiger partial charge < -0.3 is 5.32 Å². The van der Waals surface area contributed by atoms with Gasteiger partial charge in [0.1, 0.15) is 0 Å². The Morgan fingerprint density at radius 1 is 1.33 bits per heavy atom. The number of nitrogens with one attached hydrogen (secondary N) is 1. The first-order valence-electron chi connectivity index (χ1n) is 8.80. The summed E-state index contributed by atoms with van der Waals surface area (Å²) in [6, 6.07) is 4.99. The van der Waals surface area contributed by atoms with Gasteiger partial charge in [-0.15, -0.1) is 0 Å². The van der Waals surface area contributed by atoms with Crippen LogP contribution in [0.4, 0.5) is 0 Å². The average molecular weight is 286 g/mol. The topological polar surface area (TPSA) is 24.9 Å². The van der Waals surface area contributed by atoms with Crippen molar-refractivity contribution in [3.8, 4) is 0 Å². The summed E-state index contributed by atoms with van der Waals surface area (Å²) in [6.45, 7) is 8.25. The van der Waals surface area contributed by atoms with E-state index in [9.17, 15) is 0 Å². The number of aryl methyl sites for hydroxylation is 1. The molecule has 0 radical (unpaired) electrons. The first-order chi connectivity index (χ1) is 10.1. The molecule has 1 heterocycles. The molecule has 2 aliphatic rings. The number of pyridine rings is 1. The Morgan fingerprint density at radius 2 is 2.19 bits per heavy atom. The van der Waals surface area contributed by atoms with Gasteiger partial charge in [-0.1, -0.05) is 33.3 Å². The Labute approximate surface area is 129 Å². The molecule has 1 saturated carbocycles. The van der Waals surface area contributed by atoms with Gasteiger partial charge in [0.2, 0.25) is 0 Å². The van der Waals surface area contributed by atoms with E-state index in [0.717, 1.165) is 12.5 Å². The first-order valence-corrected chi connectivity index (χ1v) is 8.80. The molecule has 3 atom stereocenters. The number of hydrogen-bond donors (Lipinski definition) is 1. The van der Waals surface area contributed by atoms with E-state index in [1.165, 1.54) is 49.8 Å². The van der Waals surface area contributed by atoms with Crippen LogP contribution in [0.5, 0.6) is 0 Å². The monoisotopic (exact) mass is 286 g/mol. The highest BCUT2D eigenvalue weighted by molar-refractivity contribution is 5.28. The van der Waals surface area contributed by atoms with Gasteiger partial charge in [0.15, 0.2) is 0 Å². The molecule has 0 aliphatic heterocycles. The lowest BCUT2D eigenvalue weighted by Gasteiger charge is -2.41. The standard InChI is InChI=1S/C19H30N2/c1-4-20-18(16-11-6-12-19(16,2)3)15-10-5-8-14-9-7-13-21-17(14)15/h7,9,13,15-16,18,20H,4-6,8,10-12H2,1-3H3. The van der Waals surface area contributed by atoms with Crippen LogP contribution < -0.4 is 5.32 Å². The zero-order chi connectivity index (χ0) is 14.9. The lowest BCUT2D eigenvalue weighted by Crippen LogP contribution is -2.46. The molecule has 1 aromatic heterocycles. The van der Waals surface area contributed by atoms with Crippen molar-refractivity contribution in [3.63, 3.8) is 0 Å². The van der Waals surface area contributed by atoms with Gasteiger partial charge in [0.25, 0.3) is 0 Å². The molecule has 2 aliphatic carbocycles. The molecule has 2 nitrogen and oxygen atoms in total. The van der Waals surface area contributed by atoms with E-state index in [2.05, 4.69) is 38.2 Å². The summed E-state index contributed by atoms with van der Waals surface area (Å²) in [5, 5.41) is 3.85. The van der Waals surface area contributed by atoms with E-state index in [4.69, 9.17) is 4.98 Å². The molecule has 0 aromatic carbocycles. The maximum absolute atomic E-state index is 4.78. The second-order valence-electron chi connectivity index (χ2n) is 7.62. The van der Waals surface area contributed by atoms with Crippen LogP contribution in [0.25, 0.3) is 0 Å². The zero-order valence-electron chi connectivity index (χ0n) is 13.9. The Kier molecular flexibility index (Phi) is 4.35. The van der Waals surface area contributed by atoms with E-state index >= 15 is 0 Å². The number of likely N-dealkylation sites (N-methyl/N-ethyl adjacent to an activating group) is 1. The van der Waals surface area contributed by atoms with Crippen LogP contribution in [-0.2, 0) is 6.42 Å². The fraction of sp³-hybridized carbons (Fsp3) is 0.737. The van der Waals surface area contributed by atoms with Crippen LogP contribution in [0.1, 0.15) is 70.1 Å². The Bertz CT molecular complexity index is 480. The minimum atomic E-state index is 0.471. The molecule has 1 fully saturated rings. The van der Waals surface area contributed by atoms with Crippen molar-refractivity contribution in [1.29, 1.82) is 0 Å². The second-order valence-corrected chi connectivity index (χ2v) is 7.62. The predicted octanol–water partition coefficient (Wildman–Crippen LogP) is 4.31. The van der Waals surface area contributed by atoms with Gasteiger partial charge in [-0.25, -0.2) is 0 Å². The number of hydrogen-bond acceptors (Lipinski definition) is 2. The highest BCUT2D eigenvalue weighted by atomic mass is 14.9. The molecule has 1 aromatic rings. The second kappa shape index (κ2) is 6.08. The average Bonchev–Trinajstić information content (AvgIpc) is 2.84. The summed E-state index contributed by atoms with van der Waals surface area (Å²) in [6.07, 6.45) is 9.96. The van der Waals surface area contributed by atoms with E-state index in [-0.39, 0.29) is 0 Å². The third kappa shape index (κ3) is 2.88. The summed E-state index contributed by atoms with van der Waals surface area (Å²) in [5.41, 5.74) is 3.35. The van der Waals surface area contributed by atoms with Crippen molar-refractivity contribution in [2.24, 2.45) is 11.3 Å². The van der Waals surface area contributed by atoms with Crippen molar-refractivity contribution in [2.45, 2.75) is 71.3 Å². The number of rotatable bonds is 4. The highest BCUT2D eigenvalue weighted by Gasteiger charge is 2.43. The van der Waals surface area contributed by atoms with Crippen LogP contribution in [0.15, 0.2) is 18.3 Å². The van der Waals surface area contributed by atoms with Gasteiger partial charge in [0.05, 0.1) is 0 Å². The SMILES string of the molecule is CCNC(C1CCCc2cccnc21)C1CCCC1(C)C. The van der Waals surface area contributed by atoms with Crippen molar-refractivity contribution >= 4 is 0 Å². The van der Waals surface area contributed by atoms with Crippen molar-refractivity contribution in [3.05, 3.63) is 29.6 Å². The maximum Gasteiger partial charge on any atom is 0.0482 e. The largest absolute Gasteiger partial charge is 0.313 e. The summed E-state index contributed by atoms with van der Waals surface area (Å²) in [4.78, 5) is 4.78. The molecule has 0 bridgehead atoms. The molecule has 3 rings (SSSR count). The molecular weight excluding hydrogens is 256 g/mol. The molecule has 3 unspecified atom stereocenters. The molecular formula is C19H30N2. The summed E-state index contributed by atoms with van der Waals surface area (Å²) in [7, 11) is 0. The van der Waals surface area contributed by atoms with Crippen LogP contribution in [-0.4, -0.2) is 17.6 Å². The zero-order valence-corrected chi connectivity index (χ0v) is 13.9. The van der Waals surface area contributed by atoms with Crippen LogP contribution in [0, 0.1) is 11.3 Å². The van der Waals surface area contributed by atoms with Gasteiger partial charge in [-0.2, -0.15) is 0 Å². The maximum atomic E-state index is 4.78. The van der Waals surface area contributed by atoms with Gasteiger partial charge in [0, 0.05) is 23.9 Å². The minimum Gasteiger partial charge on any atom is -0.313 e. The van der Waals surface area contributed by atoms with Crippen LogP contribution in [0.2, 0.25) is 0 Å². The van der Waals surface area contributed by atoms with E-state index < -0.39 is 0 Å². The molecule has 2 heteroatoms. The van der Waals surface area contributed by atoms with Crippen molar-refractivity contribution in [2.75, 3.05) is 6.54 Å². The fourth-order valence-electron chi connectivity index (χ4n) is 4.81. The highest BCUT2D eigenvalue weighted by Crippen LogP contribution is 2.48. The molecule has 116 valence electrons. The predicted molar refractivity (Wildman–Crippen MR) is 88.5 cm³/mol. The molecule has 21 heavy (non-hydrogen) atoms. The van der Waals surface area contributed by atoms with E-state index in [0.29, 0.717) is 17.4 Å². The molecule has 0 amide bonds. The Hall–Kier alpha value is -0.890. The summed E-state index contributed by atoms with van der Waals surface area (Å²) < 4.78 is 0. The lowest BCUT2D eigenvalue weighted by molar-refractivity contribution is 0.170. The summed E-state index contributed by atoms with van der Waals surface area (Å²) in [5.74, 6) is 1.40. The fourth-order valence-corrected chi connectivity index (χ4v) is 4.81. The molecule has 0 saturated heterocycles. The molecule has 1 N–H and O–H groups in total. The molecule has 0 spiro atoms. The van der Waals surface area contributed by atoms with Gasteiger partial charge in [-0.05, 0) is 61.6 Å². The van der Waals surface area contributed by atoms with Crippen LogP contribution >= 0.6 is 0 Å². The third-order valence-electron chi connectivity index (χ3n) is 5.89. The van der Waals surface area contributed by atoms with Crippen molar-refractivity contribution in [1.82, 2.24) is 10.3 Å². The smallest absolute Gasteiger partial charge is 0.0482 e. The van der Waals surface area contributed by atoms with Gasteiger partial charge in [-0.3, -0.25) is 4.98 Å². The minimum absolute atomic E-state index is 0.471. The third-order valence-corrected chi connectivity index (χ3v) is 5.89. The number of fused-ring (bicyclic) bond motifs is 1. The Balaban J connectivity index is 1.92. The Morgan fingerprint density at radius 3 is 2.90 bits per heavy atom. The van der Waals surface area contributed by atoms with Gasteiger partial charge >= 0.3 is 0 Å². The first kappa shape index (κ1) is 15.0. The normalized spacial score (nSPS) is 29.1. The quantitative estimate of drug-likeness (QED) is 0.892. The number of nitrogens with zero attached hydrogens (tertiary/aromatic N) is 1. The van der Waals surface area contributed by atoms with E-state index in [1.807, 2.05) is 6.20 Å².